The smallest absolute Gasteiger partial charge is 0.151 e. The van der Waals surface area contributed by atoms with E-state index in [0.717, 1.165) is 5.82 Å². The highest BCUT2D eigenvalue weighted by Gasteiger charge is 2.15. The van der Waals surface area contributed by atoms with Crippen molar-refractivity contribution < 1.29 is 0 Å². The summed E-state index contributed by atoms with van der Waals surface area (Å²) < 4.78 is 3.66. The Morgan fingerprint density at radius 3 is 2.68 bits per heavy atom. The zero-order valence-electron chi connectivity index (χ0n) is 10.6. The first kappa shape index (κ1) is 11.6. The van der Waals surface area contributed by atoms with Gasteiger partial charge in [-0.15, -0.1) is 0 Å². The molecule has 0 saturated carbocycles. The quantitative estimate of drug-likeness (QED) is 0.708. The third-order valence-corrected chi connectivity index (χ3v) is 3.03. The summed E-state index contributed by atoms with van der Waals surface area (Å²) >= 11 is 0. The second-order valence-corrected chi connectivity index (χ2v) is 4.31. The molecule has 0 unspecified atom stereocenters. The second-order valence-electron chi connectivity index (χ2n) is 4.31. The number of rotatable bonds is 4. The first-order valence-corrected chi connectivity index (χ1v) is 6.10. The van der Waals surface area contributed by atoms with Crippen LogP contribution in [0.25, 0.3) is 0 Å². The van der Waals surface area contributed by atoms with Gasteiger partial charge in [0.05, 0.1) is 6.54 Å². The average Bonchev–Trinajstić information content (AvgIpc) is 3.10. The summed E-state index contributed by atoms with van der Waals surface area (Å²) in [4.78, 5) is 8.29. The van der Waals surface area contributed by atoms with Crippen molar-refractivity contribution in [1.29, 1.82) is 0 Å². The van der Waals surface area contributed by atoms with Crippen molar-refractivity contribution in [1.82, 2.24) is 29.5 Å². The predicted octanol–water partition coefficient (Wildman–Crippen LogP) is 1.53. The molecule has 6 nitrogen and oxygen atoms in total. The lowest BCUT2D eigenvalue weighted by atomic mass is 10.2. The van der Waals surface area contributed by atoms with E-state index in [1.807, 2.05) is 29.8 Å². The van der Waals surface area contributed by atoms with Gasteiger partial charge in [0, 0.05) is 0 Å². The molecular weight excluding hydrogens is 240 g/mol. The molecule has 0 spiro atoms. The summed E-state index contributed by atoms with van der Waals surface area (Å²) in [6.07, 6.45) is 4.78. The van der Waals surface area contributed by atoms with Gasteiger partial charge in [0.1, 0.15) is 25.0 Å². The van der Waals surface area contributed by atoms with Crippen molar-refractivity contribution in [3.8, 4) is 0 Å². The van der Waals surface area contributed by atoms with Crippen LogP contribution in [-0.2, 0) is 6.54 Å². The molecule has 0 saturated heterocycles. The first-order chi connectivity index (χ1) is 9.34. The zero-order chi connectivity index (χ0) is 13.1. The Morgan fingerprint density at radius 2 is 1.95 bits per heavy atom. The molecule has 6 heteroatoms. The molecular formula is C13H14N6. The van der Waals surface area contributed by atoms with Crippen LogP contribution in [0.3, 0.4) is 0 Å². The van der Waals surface area contributed by atoms with E-state index in [0.29, 0.717) is 6.54 Å². The summed E-state index contributed by atoms with van der Waals surface area (Å²) in [6, 6.07) is 10.2. The van der Waals surface area contributed by atoms with Crippen LogP contribution in [0.4, 0.5) is 0 Å². The minimum Gasteiger partial charge on any atom is -0.244 e. The molecule has 0 aliphatic carbocycles. The lowest BCUT2D eigenvalue weighted by Gasteiger charge is -2.12. The molecule has 0 aliphatic heterocycles. The van der Waals surface area contributed by atoms with Crippen molar-refractivity contribution in [3.63, 3.8) is 0 Å². The van der Waals surface area contributed by atoms with E-state index in [2.05, 4.69) is 32.3 Å². The van der Waals surface area contributed by atoms with E-state index in [-0.39, 0.29) is 6.04 Å². The van der Waals surface area contributed by atoms with E-state index in [1.165, 1.54) is 11.9 Å². The molecule has 0 aliphatic rings. The van der Waals surface area contributed by atoms with Crippen LogP contribution in [-0.4, -0.2) is 29.5 Å². The van der Waals surface area contributed by atoms with Gasteiger partial charge >= 0.3 is 0 Å². The number of hydrogen-bond donors (Lipinski definition) is 0. The van der Waals surface area contributed by atoms with Gasteiger partial charge in [0.25, 0.3) is 0 Å². The highest BCUT2D eigenvalue weighted by atomic mass is 15.4. The predicted molar refractivity (Wildman–Crippen MR) is 69.4 cm³/mol. The highest BCUT2D eigenvalue weighted by molar-refractivity contribution is 5.15. The van der Waals surface area contributed by atoms with E-state index in [9.17, 15) is 0 Å². The number of nitrogens with zero attached hydrogens (tertiary/aromatic N) is 6. The van der Waals surface area contributed by atoms with Gasteiger partial charge in [-0.25, -0.2) is 19.3 Å². The van der Waals surface area contributed by atoms with Gasteiger partial charge in [-0.3, -0.25) is 0 Å². The molecule has 1 atom stereocenters. The maximum absolute atomic E-state index is 4.33. The fraction of sp³-hybridized carbons (Fsp3) is 0.231. The summed E-state index contributed by atoms with van der Waals surface area (Å²) in [5.74, 6) is 0.870. The standard InChI is InChI=1S/C13H14N6/c1-11(19-10-14-8-16-19)13-15-9-17-18(13)7-12-5-3-2-4-6-12/h2-6,8-11H,7H2,1H3/t11-/m1/s1. The van der Waals surface area contributed by atoms with E-state index >= 15 is 0 Å². The second kappa shape index (κ2) is 5.01. The first-order valence-electron chi connectivity index (χ1n) is 6.10. The third kappa shape index (κ3) is 2.37. The Balaban J connectivity index is 1.87. The fourth-order valence-electron chi connectivity index (χ4n) is 2.01. The highest BCUT2D eigenvalue weighted by Crippen LogP contribution is 2.14. The summed E-state index contributed by atoms with van der Waals surface area (Å²) in [5.41, 5.74) is 1.19. The molecule has 96 valence electrons. The Labute approximate surface area is 110 Å². The zero-order valence-corrected chi connectivity index (χ0v) is 10.6. The number of aromatic nitrogens is 6. The minimum atomic E-state index is 0.00807. The molecule has 0 fully saturated rings. The largest absolute Gasteiger partial charge is 0.244 e. The maximum atomic E-state index is 4.33. The van der Waals surface area contributed by atoms with Crippen LogP contribution in [0.2, 0.25) is 0 Å². The van der Waals surface area contributed by atoms with Crippen LogP contribution in [0.5, 0.6) is 0 Å². The molecule has 0 radical (unpaired) electrons. The van der Waals surface area contributed by atoms with Gasteiger partial charge in [-0.2, -0.15) is 10.2 Å². The van der Waals surface area contributed by atoms with Crippen molar-refractivity contribution in [2.45, 2.75) is 19.5 Å². The molecule has 0 bridgehead atoms. The lowest BCUT2D eigenvalue weighted by molar-refractivity contribution is 0.495. The molecule has 3 rings (SSSR count). The van der Waals surface area contributed by atoms with Gasteiger partial charge in [0.15, 0.2) is 5.82 Å². The summed E-state index contributed by atoms with van der Waals surface area (Å²) in [5, 5.41) is 8.43. The van der Waals surface area contributed by atoms with Crippen LogP contribution < -0.4 is 0 Å². The van der Waals surface area contributed by atoms with Gasteiger partial charge in [0.2, 0.25) is 0 Å². The maximum Gasteiger partial charge on any atom is 0.151 e. The Kier molecular flexibility index (Phi) is 3.06. The fourth-order valence-corrected chi connectivity index (χ4v) is 2.01. The van der Waals surface area contributed by atoms with Gasteiger partial charge in [-0.1, -0.05) is 30.3 Å². The van der Waals surface area contributed by atoms with Crippen LogP contribution >= 0.6 is 0 Å². The molecule has 2 aromatic heterocycles. The van der Waals surface area contributed by atoms with Crippen molar-refractivity contribution in [2.24, 2.45) is 0 Å². The molecule has 2 heterocycles. The summed E-state index contributed by atoms with van der Waals surface area (Å²) in [7, 11) is 0. The van der Waals surface area contributed by atoms with E-state index in [1.54, 1.807) is 17.3 Å². The monoisotopic (exact) mass is 254 g/mol. The third-order valence-electron chi connectivity index (χ3n) is 3.03. The normalized spacial score (nSPS) is 12.5. The molecule has 3 aromatic rings. The molecule has 0 N–H and O–H groups in total. The summed E-state index contributed by atoms with van der Waals surface area (Å²) in [6.45, 7) is 2.73. The topological polar surface area (TPSA) is 61.4 Å². The Hall–Kier alpha value is -2.50. The Morgan fingerprint density at radius 1 is 1.11 bits per heavy atom. The van der Waals surface area contributed by atoms with Crippen LogP contribution in [0.1, 0.15) is 24.4 Å². The van der Waals surface area contributed by atoms with Crippen molar-refractivity contribution >= 4 is 0 Å². The Bertz CT molecular complexity index is 628. The van der Waals surface area contributed by atoms with Crippen molar-refractivity contribution in [3.05, 3.63) is 60.7 Å². The van der Waals surface area contributed by atoms with E-state index in [4.69, 9.17) is 0 Å². The number of benzene rings is 1. The minimum absolute atomic E-state index is 0.00807. The molecule has 1 aromatic carbocycles. The van der Waals surface area contributed by atoms with E-state index < -0.39 is 0 Å². The van der Waals surface area contributed by atoms with Crippen molar-refractivity contribution in [2.75, 3.05) is 0 Å². The number of hydrogen-bond acceptors (Lipinski definition) is 4. The van der Waals surface area contributed by atoms with Crippen LogP contribution in [0, 0.1) is 0 Å². The van der Waals surface area contributed by atoms with Gasteiger partial charge < -0.3 is 0 Å². The van der Waals surface area contributed by atoms with Crippen LogP contribution in [0.15, 0.2) is 49.3 Å². The molecule has 0 amide bonds. The molecule has 19 heavy (non-hydrogen) atoms. The average molecular weight is 254 g/mol. The lowest BCUT2D eigenvalue weighted by Crippen LogP contribution is -2.15. The van der Waals surface area contributed by atoms with Gasteiger partial charge in [-0.05, 0) is 12.5 Å². The SMILES string of the molecule is C[C@H](c1ncnn1Cc1ccccc1)n1cncn1.